The van der Waals surface area contributed by atoms with Crippen LogP contribution in [0.2, 0.25) is 5.02 Å². The van der Waals surface area contributed by atoms with E-state index in [4.69, 9.17) is 26.9 Å². The topological polar surface area (TPSA) is 56.5 Å². The number of rotatable bonds is 3. The maximum Gasteiger partial charge on any atom is 0.161 e. The Kier molecular flexibility index (Phi) is 4.35. The van der Waals surface area contributed by atoms with E-state index in [0.717, 1.165) is 27.1 Å². The Balaban J connectivity index is 1.99. The highest BCUT2D eigenvalue weighted by atomic mass is 79.9. The lowest BCUT2D eigenvalue weighted by atomic mass is 9.99. The number of nitrogens with two attached hydrogens (primary N) is 1. The molecule has 4 nitrogen and oxygen atoms in total. The standard InChI is InChI=1S/C15H14BrClN2O2/c16-11-5-10(6-12(17)8-11)15(19-18)9-1-2-13-14(7-9)21-4-3-20-13/h1-2,5-8,15,19H,3-4,18H2. The number of halogens is 2. The molecule has 0 aliphatic carbocycles. The lowest BCUT2D eigenvalue weighted by molar-refractivity contribution is 0.171. The Morgan fingerprint density at radius 3 is 2.52 bits per heavy atom. The third-order valence-electron chi connectivity index (χ3n) is 3.28. The molecule has 110 valence electrons. The van der Waals surface area contributed by atoms with Gasteiger partial charge in [0, 0.05) is 9.50 Å². The van der Waals surface area contributed by atoms with Crippen molar-refractivity contribution in [2.24, 2.45) is 5.84 Å². The molecular weight excluding hydrogens is 356 g/mol. The summed E-state index contributed by atoms with van der Waals surface area (Å²) in [5.74, 6) is 7.23. The zero-order chi connectivity index (χ0) is 14.8. The summed E-state index contributed by atoms with van der Waals surface area (Å²) >= 11 is 9.56. The summed E-state index contributed by atoms with van der Waals surface area (Å²) in [4.78, 5) is 0. The van der Waals surface area contributed by atoms with Crippen LogP contribution in [0.3, 0.4) is 0 Å². The zero-order valence-electron chi connectivity index (χ0n) is 11.1. The zero-order valence-corrected chi connectivity index (χ0v) is 13.4. The maximum absolute atomic E-state index is 6.11. The minimum Gasteiger partial charge on any atom is -0.486 e. The van der Waals surface area contributed by atoms with Gasteiger partial charge in [-0.05, 0) is 41.5 Å². The molecule has 0 saturated carbocycles. The van der Waals surface area contributed by atoms with E-state index >= 15 is 0 Å². The first-order chi connectivity index (χ1) is 10.2. The van der Waals surface area contributed by atoms with E-state index in [-0.39, 0.29) is 6.04 Å². The summed E-state index contributed by atoms with van der Waals surface area (Å²) in [5, 5.41) is 0.650. The van der Waals surface area contributed by atoms with Crippen LogP contribution >= 0.6 is 27.5 Å². The van der Waals surface area contributed by atoms with Crippen LogP contribution in [0.4, 0.5) is 0 Å². The Morgan fingerprint density at radius 2 is 1.81 bits per heavy atom. The van der Waals surface area contributed by atoms with Crippen molar-refractivity contribution < 1.29 is 9.47 Å². The van der Waals surface area contributed by atoms with Crippen LogP contribution in [0.15, 0.2) is 40.9 Å². The SMILES string of the molecule is NNC(c1cc(Cl)cc(Br)c1)c1ccc2c(c1)OCCO2. The molecule has 1 aliphatic heterocycles. The molecule has 6 heteroatoms. The predicted octanol–water partition coefficient (Wildman–Crippen LogP) is 3.43. The number of ether oxygens (including phenoxy) is 2. The van der Waals surface area contributed by atoms with Crippen LogP contribution in [0.5, 0.6) is 11.5 Å². The molecule has 0 saturated heterocycles. The third-order valence-corrected chi connectivity index (χ3v) is 3.96. The monoisotopic (exact) mass is 368 g/mol. The van der Waals surface area contributed by atoms with Gasteiger partial charge in [0.25, 0.3) is 0 Å². The second-order valence-corrected chi connectivity index (χ2v) is 6.06. The van der Waals surface area contributed by atoms with E-state index in [1.807, 2.05) is 36.4 Å². The average Bonchev–Trinajstić information content (AvgIpc) is 2.47. The average molecular weight is 370 g/mol. The molecule has 3 rings (SSSR count). The maximum atomic E-state index is 6.11. The molecule has 0 bridgehead atoms. The van der Waals surface area contributed by atoms with Gasteiger partial charge >= 0.3 is 0 Å². The highest BCUT2D eigenvalue weighted by Gasteiger charge is 2.18. The molecule has 1 aliphatic rings. The normalized spacial score (nSPS) is 14.8. The first-order valence-corrected chi connectivity index (χ1v) is 7.66. The van der Waals surface area contributed by atoms with Crippen molar-refractivity contribution in [3.63, 3.8) is 0 Å². The third kappa shape index (κ3) is 3.16. The van der Waals surface area contributed by atoms with Crippen molar-refractivity contribution in [2.45, 2.75) is 6.04 Å². The summed E-state index contributed by atoms with van der Waals surface area (Å²) in [6.45, 7) is 1.13. The molecule has 0 fully saturated rings. The molecule has 1 unspecified atom stereocenters. The van der Waals surface area contributed by atoms with Crippen LogP contribution in [-0.2, 0) is 0 Å². The first kappa shape index (κ1) is 14.7. The van der Waals surface area contributed by atoms with E-state index in [1.165, 1.54) is 0 Å². The molecule has 2 aromatic rings. The fourth-order valence-electron chi connectivity index (χ4n) is 2.37. The van der Waals surface area contributed by atoms with Crippen molar-refractivity contribution in [1.82, 2.24) is 5.43 Å². The lowest BCUT2D eigenvalue weighted by Crippen LogP contribution is -2.29. The van der Waals surface area contributed by atoms with Crippen molar-refractivity contribution in [1.29, 1.82) is 0 Å². The first-order valence-electron chi connectivity index (χ1n) is 6.49. The predicted molar refractivity (Wildman–Crippen MR) is 85.8 cm³/mol. The van der Waals surface area contributed by atoms with Crippen LogP contribution in [0.25, 0.3) is 0 Å². The van der Waals surface area contributed by atoms with E-state index < -0.39 is 0 Å². The Labute approximate surface area is 136 Å². The smallest absolute Gasteiger partial charge is 0.161 e. The Morgan fingerprint density at radius 1 is 1.05 bits per heavy atom. The molecule has 0 spiro atoms. The van der Waals surface area contributed by atoms with Gasteiger partial charge in [0.05, 0.1) is 6.04 Å². The van der Waals surface area contributed by atoms with Gasteiger partial charge in [-0.25, -0.2) is 5.43 Å². The second-order valence-electron chi connectivity index (χ2n) is 4.71. The van der Waals surface area contributed by atoms with Crippen molar-refractivity contribution >= 4 is 27.5 Å². The van der Waals surface area contributed by atoms with Gasteiger partial charge in [0.1, 0.15) is 13.2 Å². The second kappa shape index (κ2) is 6.23. The van der Waals surface area contributed by atoms with Gasteiger partial charge in [-0.3, -0.25) is 5.84 Å². The summed E-state index contributed by atoms with van der Waals surface area (Å²) < 4.78 is 12.0. The number of hydrogen-bond donors (Lipinski definition) is 2. The molecule has 0 radical (unpaired) electrons. The van der Waals surface area contributed by atoms with E-state index in [9.17, 15) is 0 Å². The van der Waals surface area contributed by atoms with Gasteiger partial charge in [0.15, 0.2) is 11.5 Å². The van der Waals surface area contributed by atoms with Gasteiger partial charge in [-0.15, -0.1) is 0 Å². The Hall–Kier alpha value is -1.27. The van der Waals surface area contributed by atoms with Gasteiger partial charge in [-0.2, -0.15) is 0 Å². The van der Waals surface area contributed by atoms with Gasteiger partial charge in [-0.1, -0.05) is 33.6 Å². The minimum absolute atomic E-state index is 0.184. The van der Waals surface area contributed by atoms with Gasteiger partial charge in [0.2, 0.25) is 0 Å². The van der Waals surface area contributed by atoms with Crippen LogP contribution in [0.1, 0.15) is 17.2 Å². The van der Waals surface area contributed by atoms with E-state index in [0.29, 0.717) is 18.2 Å². The van der Waals surface area contributed by atoms with Gasteiger partial charge < -0.3 is 9.47 Å². The highest BCUT2D eigenvalue weighted by molar-refractivity contribution is 9.10. The van der Waals surface area contributed by atoms with E-state index in [2.05, 4.69) is 21.4 Å². The summed E-state index contributed by atoms with van der Waals surface area (Å²) in [7, 11) is 0. The van der Waals surface area contributed by atoms with Crippen molar-refractivity contribution in [2.75, 3.05) is 13.2 Å². The molecule has 21 heavy (non-hydrogen) atoms. The number of hydrogen-bond acceptors (Lipinski definition) is 4. The molecule has 0 amide bonds. The van der Waals surface area contributed by atoms with Crippen LogP contribution in [-0.4, -0.2) is 13.2 Å². The summed E-state index contributed by atoms with van der Waals surface area (Å²) in [5.41, 5.74) is 4.77. The molecular formula is C15H14BrClN2O2. The number of hydrazine groups is 1. The molecule has 2 aromatic carbocycles. The Bertz CT molecular complexity index is 646. The summed E-state index contributed by atoms with van der Waals surface area (Å²) in [6, 6.07) is 11.3. The summed E-state index contributed by atoms with van der Waals surface area (Å²) in [6.07, 6.45) is 0. The molecule has 0 aromatic heterocycles. The fourth-order valence-corrected chi connectivity index (χ4v) is 3.25. The highest BCUT2D eigenvalue weighted by Crippen LogP contribution is 2.35. The van der Waals surface area contributed by atoms with Crippen LogP contribution < -0.4 is 20.7 Å². The largest absolute Gasteiger partial charge is 0.486 e. The van der Waals surface area contributed by atoms with E-state index in [1.54, 1.807) is 0 Å². The quantitative estimate of drug-likeness (QED) is 0.643. The minimum atomic E-state index is -0.184. The van der Waals surface area contributed by atoms with Crippen molar-refractivity contribution in [3.05, 3.63) is 57.0 Å². The molecule has 3 N–H and O–H groups in total. The van der Waals surface area contributed by atoms with Crippen LogP contribution in [0, 0.1) is 0 Å². The fraction of sp³-hybridized carbons (Fsp3) is 0.200. The molecule has 1 atom stereocenters. The lowest BCUT2D eigenvalue weighted by Gasteiger charge is -2.22. The number of fused-ring (bicyclic) bond motifs is 1. The molecule has 1 heterocycles. The van der Waals surface area contributed by atoms with Crippen molar-refractivity contribution in [3.8, 4) is 11.5 Å². The number of nitrogens with one attached hydrogen (secondary N) is 1. The number of benzene rings is 2.